The van der Waals surface area contributed by atoms with E-state index >= 15 is 0 Å². The summed E-state index contributed by atoms with van der Waals surface area (Å²) in [6.07, 6.45) is 0. The Hall–Kier alpha value is -8.41. The number of furan rings is 1. The molecule has 3 aromatic heterocycles. The predicted octanol–water partition coefficient (Wildman–Crippen LogP) is 14.2. The molecule has 0 unspecified atom stereocenters. The van der Waals surface area contributed by atoms with Crippen LogP contribution in [0.4, 0.5) is 0 Å². The Bertz CT molecular complexity index is 3690. The third-order valence-electron chi connectivity index (χ3n) is 12.9. The maximum absolute atomic E-state index is 6.59. The molecule has 0 fully saturated rings. The van der Waals surface area contributed by atoms with Crippen molar-refractivity contribution in [3.63, 3.8) is 0 Å². The minimum atomic E-state index is -0.562. The zero-order valence-corrected chi connectivity index (χ0v) is 34.0. The topological polar surface area (TPSA) is 56.7 Å². The maximum atomic E-state index is 6.59. The summed E-state index contributed by atoms with van der Waals surface area (Å²) >= 11 is 0. The third kappa shape index (κ3) is 5.33. The second-order valence-corrected chi connectivity index (χ2v) is 16.3. The molecule has 1 aliphatic carbocycles. The highest BCUT2D eigenvalue weighted by Gasteiger charge is 2.46. The van der Waals surface area contributed by atoms with Crippen molar-refractivity contribution in [3.05, 3.63) is 241 Å². The van der Waals surface area contributed by atoms with Gasteiger partial charge in [0.25, 0.3) is 0 Å². The lowest BCUT2D eigenvalue weighted by atomic mass is 9.67. The van der Waals surface area contributed by atoms with Crippen LogP contribution < -0.4 is 0 Å². The molecule has 0 atom stereocenters. The highest BCUT2D eigenvalue weighted by molar-refractivity contribution is 6.12. The molecule has 0 saturated heterocycles. The molecule has 0 spiro atoms. The van der Waals surface area contributed by atoms with Crippen LogP contribution in [0.5, 0.6) is 0 Å². The summed E-state index contributed by atoms with van der Waals surface area (Å²) in [5.74, 6) is 1.70. The van der Waals surface area contributed by atoms with Gasteiger partial charge in [0.15, 0.2) is 11.6 Å². The summed E-state index contributed by atoms with van der Waals surface area (Å²) in [5.41, 5.74) is 14.5. The van der Waals surface area contributed by atoms with Gasteiger partial charge in [0.2, 0.25) is 5.95 Å². The molecule has 0 saturated carbocycles. The number of hydrogen-bond donors (Lipinski definition) is 0. The average molecular weight is 805 g/mol. The molecule has 13 rings (SSSR count). The van der Waals surface area contributed by atoms with Crippen LogP contribution in [0.1, 0.15) is 22.3 Å². The maximum Gasteiger partial charge on any atom is 0.238 e. The summed E-state index contributed by atoms with van der Waals surface area (Å²) in [6, 6.07) is 77.5. The van der Waals surface area contributed by atoms with Crippen LogP contribution >= 0.6 is 0 Å². The van der Waals surface area contributed by atoms with Gasteiger partial charge < -0.3 is 4.42 Å². The molecule has 5 nitrogen and oxygen atoms in total. The fourth-order valence-corrected chi connectivity index (χ4v) is 10.2. The molecule has 12 aromatic rings. The lowest BCUT2D eigenvalue weighted by Crippen LogP contribution is -2.28. The third-order valence-corrected chi connectivity index (χ3v) is 12.9. The van der Waals surface area contributed by atoms with E-state index in [2.05, 4.69) is 199 Å². The number of rotatable bonds is 6. The smallest absolute Gasteiger partial charge is 0.238 e. The number of benzene rings is 9. The van der Waals surface area contributed by atoms with E-state index in [1.54, 1.807) is 0 Å². The molecule has 5 heteroatoms. The van der Waals surface area contributed by atoms with Gasteiger partial charge in [0.05, 0.1) is 16.4 Å². The van der Waals surface area contributed by atoms with Gasteiger partial charge in [-0.2, -0.15) is 9.97 Å². The molecule has 3 heterocycles. The quantitative estimate of drug-likeness (QED) is 0.168. The zero-order chi connectivity index (χ0) is 41.5. The first-order valence-corrected chi connectivity index (χ1v) is 21.3. The first kappa shape index (κ1) is 35.4. The van der Waals surface area contributed by atoms with Crippen molar-refractivity contribution in [1.29, 1.82) is 0 Å². The summed E-state index contributed by atoms with van der Waals surface area (Å²) < 4.78 is 8.83. The van der Waals surface area contributed by atoms with E-state index < -0.39 is 5.41 Å². The first-order chi connectivity index (χ1) is 31.2. The predicted molar refractivity (Wildman–Crippen MR) is 255 cm³/mol. The Morgan fingerprint density at radius 1 is 0.349 bits per heavy atom. The number of hydrogen-bond acceptors (Lipinski definition) is 4. The molecule has 0 amide bonds. The SMILES string of the molecule is c1ccc(-c2ccc3c(c2)oc2cc(-c4nc(-c5ccccc5)nc(-n5c6ccccc6c6cc7c(cc65)C(c5ccccc5)(c5ccccc5)c5ccccc5-7)n4)ccc23)cc1. The van der Waals surface area contributed by atoms with E-state index in [1.165, 1.54) is 33.4 Å². The Balaban J connectivity index is 1.06. The van der Waals surface area contributed by atoms with E-state index in [1.807, 2.05) is 24.3 Å². The van der Waals surface area contributed by atoms with Gasteiger partial charge >= 0.3 is 0 Å². The van der Waals surface area contributed by atoms with Crippen molar-refractivity contribution in [2.75, 3.05) is 0 Å². The van der Waals surface area contributed by atoms with Crippen molar-refractivity contribution < 1.29 is 4.42 Å². The van der Waals surface area contributed by atoms with Crippen molar-refractivity contribution in [1.82, 2.24) is 19.5 Å². The van der Waals surface area contributed by atoms with Crippen LogP contribution in [0.2, 0.25) is 0 Å². The minimum absolute atomic E-state index is 0.544. The van der Waals surface area contributed by atoms with E-state index in [0.717, 1.165) is 66.0 Å². The average Bonchev–Trinajstić information content (AvgIpc) is 3.99. The molecule has 0 bridgehead atoms. The van der Waals surface area contributed by atoms with E-state index in [4.69, 9.17) is 19.4 Å². The second-order valence-electron chi connectivity index (χ2n) is 16.3. The first-order valence-electron chi connectivity index (χ1n) is 21.3. The highest BCUT2D eigenvalue weighted by Crippen LogP contribution is 2.57. The van der Waals surface area contributed by atoms with Crippen LogP contribution in [0.3, 0.4) is 0 Å². The van der Waals surface area contributed by atoms with Gasteiger partial charge in [0, 0.05) is 32.7 Å². The van der Waals surface area contributed by atoms with Crippen molar-refractivity contribution in [2.45, 2.75) is 5.41 Å². The highest BCUT2D eigenvalue weighted by atomic mass is 16.3. The molecular weight excluding hydrogens is 769 g/mol. The Morgan fingerprint density at radius 2 is 0.905 bits per heavy atom. The van der Waals surface area contributed by atoms with E-state index in [-0.39, 0.29) is 0 Å². The summed E-state index contributed by atoms with van der Waals surface area (Å²) in [7, 11) is 0. The zero-order valence-electron chi connectivity index (χ0n) is 34.0. The standard InChI is InChI=1S/C58H36N4O/c1-5-17-37(18-6-1)39-29-31-45-46-32-30-40(34-54(46)63-53(45)33-39)56-59-55(38-19-7-2-8-20-38)60-57(61-56)62-51-28-16-14-26-44(51)48-35-47-43-25-13-15-27-49(43)58(50(47)36-52(48)62,41-21-9-3-10-22-41)42-23-11-4-12-24-42/h1-36H. The lowest BCUT2D eigenvalue weighted by Gasteiger charge is -2.34. The van der Waals surface area contributed by atoms with Crippen molar-refractivity contribution in [3.8, 4) is 51.0 Å². The molecule has 0 N–H and O–H groups in total. The summed E-state index contributed by atoms with van der Waals surface area (Å²) in [4.78, 5) is 15.9. The van der Waals surface area contributed by atoms with Crippen LogP contribution in [0.25, 0.3) is 94.7 Å². The fraction of sp³-hybridized carbons (Fsp3) is 0.0172. The van der Waals surface area contributed by atoms with Crippen LogP contribution in [0.15, 0.2) is 223 Å². The van der Waals surface area contributed by atoms with Crippen LogP contribution in [-0.2, 0) is 5.41 Å². The number of para-hydroxylation sites is 1. The molecular formula is C58H36N4O. The summed E-state index contributed by atoms with van der Waals surface area (Å²) in [5, 5.41) is 4.38. The monoisotopic (exact) mass is 804 g/mol. The molecule has 0 radical (unpaired) electrons. The Morgan fingerprint density at radius 3 is 1.60 bits per heavy atom. The molecule has 1 aliphatic rings. The second kappa shape index (κ2) is 13.8. The normalized spacial score (nSPS) is 12.9. The van der Waals surface area contributed by atoms with Crippen LogP contribution in [-0.4, -0.2) is 19.5 Å². The lowest BCUT2D eigenvalue weighted by molar-refractivity contribution is 0.669. The molecule has 0 aliphatic heterocycles. The fourth-order valence-electron chi connectivity index (χ4n) is 10.2. The van der Waals surface area contributed by atoms with Gasteiger partial charge in [-0.05, 0) is 87.0 Å². The van der Waals surface area contributed by atoms with E-state index in [0.29, 0.717) is 17.6 Å². The largest absolute Gasteiger partial charge is 0.456 e. The van der Waals surface area contributed by atoms with Gasteiger partial charge in [0.1, 0.15) is 11.2 Å². The van der Waals surface area contributed by atoms with Gasteiger partial charge in [-0.1, -0.05) is 176 Å². The van der Waals surface area contributed by atoms with Crippen molar-refractivity contribution >= 4 is 43.7 Å². The van der Waals surface area contributed by atoms with Crippen LogP contribution in [0, 0.1) is 0 Å². The molecule has 9 aromatic carbocycles. The Kier molecular flexibility index (Phi) is 7.75. The Labute approximate surface area is 363 Å². The molecule has 294 valence electrons. The van der Waals surface area contributed by atoms with Gasteiger partial charge in [-0.25, -0.2) is 4.98 Å². The number of aromatic nitrogens is 4. The number of fused-ring (bicyclic) bond motifs is 9. The van der Waals surface area contributed by atoms with Gasteiger partial charge in [-0.15, -0.1) is 0 Å². The van der Waals surface area contributed by atoms with E-state index in [9.17, 15) is 0 Å². The minimum Gasteiger partial charge on any atom is -0.456 e. The van der Waals surface area contributed by atoms with Gasteiger partial charge in [-0.3, -0.25) is 4.57 Å². The summed E-state index contributed by atoms with van der Waals surface area (Å²) in [6.45, 7) is 0. The number of nitrogens with zero attached hydrogens (tertiary/aromatic N) is 4. The van der Waals surface area contributed by atoms with Crippen molar-refractivity contribution in [2.24, 2.45) is 0 Å². The molecule has 63 heavy (non-hydrogen) atoms.